The molecule has 2 rings (SSSR count). The molecule has 1 aromatic rings. The van der Waals surface area contributed by atoms with Crippen molar-refractivity contribution >= 4 is 22.5 Å². The van der Waals surface area contributed by atoms with Gasteiger partial charge in [-0.2, -0.15) is 0 Å². The molecule has 0 spiro atoms. The normalized spacial score (nSPS) is 24.0. The van der Waals surface area contributed by atoms with Crippen LogP contribution in [0.25, 0.3) is 0 Å². The Bertz CT molecular complexity index is 392. The predicted molar refractivity (Wildman–Crippen MR) is 69.5 cm³/mol. The lowest BCUT2D eigenvalue weighted by Gasteiger charge is -2.41. The van der Waals surface area contributed by atoms with E-state index >= 15 is 0 Å². The van der Waals surface area contributed by atoms with Gasteiger partial charge >= 0.3 is 6.03 Å². The molecule has 6 nitrogen and oxygen atoms in total. The number of anilines is 1. The van der Waals surface area contributed by atoms with Crippen LogP contribution < -0.4 is 5.32 Å². The van der Waals surface area contributed by atoms with Gasteiger partial charge in [0.05, 0.1) is 6.61 Å². The summed E-state index contributed by atoms with van der Waals surface area (Å²) in [5.74, 6) is 0. The standard InChI is InChI=1S/C11H18N4O2S/c1-2-11(7-16)4-3-5-15(6-11)10(17)13-9-14-12-8-18-9/h8,16H,2-7H2,1H3,(H,13,14,17)/t11-/m0/s1. The van der Waals surface area contributed by atoms with Crippen molar-refractivity contribution in [1.29, 1.82) is 0 Å². The van der Waals surface area contributed by atoms with Gasteiger partial charge < -0.3 is 10.0 Å². The zero-order valence-corrected chi connectivity index (χ0v) is 11.2. The fourth-order valence-corrected chi connectivity index (χ4v) is 2.74. The van der Waals surface area contributed by atoms with Crippen LogP contribution in [0.1, 0.15) is 26.2 Å². The summed E-state index contributed by atoms with van der Waals surface area (Å²) in [4.78, 5) is 13.8. The van der Waals surface area contributed by atoms with E-state index in [9.17, 15) is 9.90 Å². The number of rotatable bonds is 3. The lowest BCUT2D eigenvalue weighted by atomic mass is 9.78. The molecule has 0 bridgehead atoms. The number of piperidine rings is 1. The van der Waals surface area contributed by atoms with Crippen LogP contribution in [0, 0.1) is 5.41 Å². The largest absolute Gasteiger partial charge is 0.396 e. The summed E-state index contributed by atoms with van der Waals surface area (Å²) in [5.41, 5.74) is 1.44. The number of aliphatic hydroxyl groups excluding tert-OH is 1. The number of hydrogen-bond acceptors (Lipinski definition) is 5. The van der Waals surface area contributed by atoms with E-state index in [1.165, 1.54) is 11.3 Å². The maximum absolute atomic E-state index is 12.1. The Morgan fingerprint density at radius 2 is 2.56 bits per heavy atom. The number of nitrogens with one attached hydrogen (secondary N) is 1. The smallest absolute Gasteiger partial charge is 0.323 e. The molecule has 1 aliphatic rings. The second-order valence-corrected chi connectivity index (χ2v) is 5.54. The molecular formula is C11H18N4O2S. The molecule has 1 fully saturated rings. The Labute approximate surface area is 110 Å². The molecule has 0 saturated carbocycles. The Hall–Kier alpha value is -1.21. The van der Waals surface area contributed by atoms with Crippen LogP contribution in [0.3, 0.4) is 0 Å². The third-order valence-corrected chi connectivity index (χ3v) is 4.21. The number of urea groups is 1. The highest BCUT2D eigenvalue weighted by molar-refractivity contribution is 7.13. The maximum atomic E-state index is 12.1. The van der Waals surface area contributed by atoms with Crippen molar-refractivity contribution in [2.75, 3.05) is 25.0 Å². The fourth-order valence-electron chi connectivity index (χ4n) is 2.31. The van der Waals surface area contributed by atoms with Gasteiger partial charge in [0.1, 0.15) is 5.51 Å². The number of aliphatic hydroxyl groups is 1. The van der Waals surface area contributed by atoms with Crippen LogP contribution in [-0.4, -0.2) is 45.9 Å². The first-order valence-corrected chi connectivity index (χ1v) is 7.00. The number of aromatic nitrogens is 2. The summed E-state index contributed by atoms with van der Waals surface area (Å²) in [6.45, 7) is 3.52. The third kappa shape index (κ3) is 2.78. The van der Waals surface area contributed by atoms with Gasteiger partial charge in [0.2, 0.25) is 5.13 Å². The van der Waals surface area contributed by atoms with Gasteiger partial charge in [-0.25, -0.2) is 4.79 Å². The molecule has 0 unspecified atom stereocenters. The molecule has 1 saturated heterocycles. The highest BCUT2D eigenvalue weighted by atomic mass is 32.1. The minimum atomic E-state index is -0.155. The molecule has 18 heavy (non-hydrogen) atoms. The molecule has 0 aromatic carbocycles. The van der Waals surface area contributed by atoms with Crippen molar-refractivity contribution in [1.82, 2.24) is 15.1 Å². The van der Waals surface area contributed by atoms with Crippen LogP contribution in [0.5, 0.6) is 0 Å². The molecule has 100 valence electrons. The van der Waals surface area contributed by atoms with E-state index < -0.39 is 0 Å². The summed E-state index contributed by atoms with van der Waals surface area (Å²) >= 11 is 1.30. The number of nitrogens with zero attached hydrogens (tertiary/aromatic N) is 3. The van der Waals surface area contributed by atoms with Gasteiger partial charge in [-0.15, -0.1) is 10.2 Å². The number of carbonyl (C=O) groups is 1. The molecule has 7 heteroatoms. The SMILES string of the molecule is CC[C@]1(CO)CCCN(C(=O)Nc2nncs2)C1. The highest BCUT2D eigenvalue weighted by Crippen LogP contribution is 2.32. The van der Waals surface area contributed by atoms with E-state index in [1.807, 2.05) is 0 Å². The Morgan fingerprint density at radius 1 is 1.72 bits per heavy atom. The van der Waals surface area contributed by atoms with Gasteiger partial charge in [-0.05, 0) is 19.3 Å². The van der Waals surface area contributed by atoms with Crippen molar-refractivity contribution in [2.24, 2.45) is 5.41 Å². The minimum Gasteiger partial charge on any atom is -0.396 e. The van der Waals surface area contributed by atoms with Crippen LogP contribution in [0.2, 0.25) is 0 Å². The summed E-state index contributed by atoms with van der Waals surface area (Å²) in [6.07, 6.45) is 2.78. The van der Waals surface area contributed by atoms with Gasteiger partial charge in [0, 0.05) is 18.5 Å². The molecule has 0 radical (unpaired) electrons. The van der Waals surface area contributed by atoms with E-state index in [0.29, 0.717) is 11.7 Å². The molecule has 1 atom stereocenters. The van der Waals surface area contributed by atoms with Crippen LogP contribution >= 0.6 is 11.3 Å². The first kappa shape index (κ1) is 13.2. The zero-order valence-electron chi connectivity index (χ0n) is 10.4. The lowest BCUT2D eigenvalue weighted by molar-refractivity contribution is 0.0468. The van der Waals surface area contributed by atoms with E-state index in [0.717, 1.165) is 25.8 Å². The third-order valence-electron chi connectivity index (χ3n) is 3.61. The fraction of sp³-hybridized carbons (Fsp3) is 0.727. The number of hydrogen-bond donors (Lipinski definition) is 2. The number of carbonyl (C=O) groups excluding carboxylic acids is 1. The lowest BCUT2D eigenvalue weighted by Crippen LogP contribution is -2.49. The summed E-state index contributed by atoms with van der Waals surface area (Å²) in [6, 6.07) is -0.155. The molecular weight excluding hydrogens is 252 g/mol. The second-order valence-electron chi connectivity index (χ2n) is 4.71. The molecule has 1 aliphatic heterocycles. The second kappa shape index (κ2) is 5.62. The average molecular weight is 270 g/mol. The average Bonchev–Trinajstić information content (AvgIpc) is 2.91. The van der Waals surface area contributed by atoms with Gasteiger partial charge in [0.25, 0.3) is 0 Å². The van der Waals surface area contributed by atoms with Crippen LogP contribution in [0.15, 0.2) is 5.51 Å². The first-order valence-electron chi connectivity index (χ1n) is 6.12. The Morgan fingerprint density at radius 3 is 3.17 bits per heavy atom. The number of amides is 2. The zero-order chi connectivity index (χ0) is 13.0. The monoisotopic (exact) mass is 270 g/mol. The Kier molecular flexibility index (Phi) is 4.13. The van der Waals surface area contributed by atoms with Gasteiger partial charge in [-0.1, -0.05) is 18.3 Å². The molecule has 2 amide bonds. The first-order chi connectivity index (χ1) is 8.69. The van der Waals surface area contributed by atoms with Crippen molar-refractivity contribution in [3.05, 3.63) is 5.51 Å². The maximum Gasteiger partial charge on any atom is 0.323 e. The van der Waals surface area contributed by atoms with E-state index in [-0.39, 0.29) is 18.1 Å². The topological polar surface area (TPSA) is 78.4 Å². The van der Waals surface area contributed by atoms with Gasteiger partial charge in [0.15, 0.2) is 0 Å². The summed E-state index contributed by atoms with van der Waals surface area (Å²) in [5, 5.41) is 20.2. The van der Waals surface area contributed by atoms with Crippen LogP contribution in [0.4, 0.5) is 9.93 Å². The van der Waals surface area contributed by atoms with E-state index in [4.69, 9.17) is 0 Å². The number of likely N-dealkylation sites (tertiary alicyclic amines) is 1. The van der Waals surface area contributed by atoms with Crippen molar-refractivity contribution in [2.45, 2.75) is 26.2 Å². The van der Waals surface area contributed by atoms with Crippen molar-refractivity contribution < 1.29 is 9.90 Å². The summed E-state index contributed by atoms with van der Waals surface area (Å²) < 4.78 is 0. The molecule has 2 N–H and O–H groups in total. The summed E-state index contributed by atoms with van der Waals surface area (Å²) in [7, 11) is 0. The van der Waals surface area contributed by atoms with E-state index in [1.54, 1.807) is 10.4 Å². The van der Waals surface area contributed by atoms with Crippen LogP contribution in [-0.2, 0) is 0 Å². The molecule has 0 aliphatic carbocycles. The van der Waals surface area contributed by atoms with Crippen molar-refractivity contribution in [3.63, 3.8) is 0 Å². The molecule has 2 heterocycles. The van der Waals surface area contributed by atoms with Crippen molar-refractivity contribution in [3.8, 4) is 0 Å². The molecule has 1 aromatic heterocycles. The minimum absolute atomic E-state index is 0.131. The predicted octanol–water partition coefficient (Wildman–Crippen LogP) is 1.55. The Balaban J connectivity index is 1.98. The highest BCUT2D eigenvalue weighted by Gasteiger charge is 2.35. The van der Waals surface area contributed by atoms with Gasteiger partial charge in [-0.3, -0.25) is 5.32 Å². The van der Waals surface area contributed by atoms with E-state index in [2.05, 4.69) is 22.4 Å². The quantitative estimate of drug-likeness (QED) is 0.873.